The molecule has 0 aliphatic rings. The van der Waals surface area contributed by atoms with Crippen LogP contribution in [0.1, 0.15) is 11.4 Å². The molecule has 5 nitrogen and oxygen atoms in total. The molecule has 0 saturated carbocycles. The fraction of sp³-hybridized carbons (Fsp3) is 0.750. The van der Waals surface area contributed by atoms with Crippen LogP contribution >= 0.6 is 0 Å². The molecular weight excluding hydrogens is 168 g/mol. The maximum Gasteiger partial charge on any atom is 0.121 e. The van der Waals surface area contributed by atoms with Gasteiger partial charge in [-0.05, 0) is 21.0 Å². The summed E-state index contributed by atoms with van der Waals surface area (Å²) in [6, 6.07) is 0. The number of hydrogen-bond donors (Lipinski definition) is 1. The minimum Gasteiger partial charge on any atom is -0.310 e. The fourth-order valence-electron chi connectivity index (χ4n) is 0.919. The van der Waals surface area contributed by atoms with Gasteiger partial charge in [0.25, 0.3) is 0 Å². The molecule has 0 bridgehead atoms. The summed E-state index contributed by atoms with van der Waals surface area (Å²) >= 11 is 0. The van der Waals surface area contributed by atoms with Gasteiger partial charge in [-0.2, -0.15) is 0 Å². The lowest BCUT2D eigenvalue weighted by molar-refractivity contribution is 0.300. The topological polar surface area (TPSA) is 54.2 Å². The standard InChI is InChI=1S/C8H16N4O/c1-7-8(11-13-10-7)6-9-4-5-12(2)3/h9H,4-6H2,1-3H3. The number of aryl methyl sites for hydroxylation is 1. The van der Waals surface area contributed by atoms with Gasteiger partial charge in [0.15, 0.2) is 0 Å². The monoisotopic (exact) mass is 184 g/mol. The van der Waals surface area contributed by atoms with Crippen LogP contribution in [0, 0.1) is 6.92 Å². The van der Waals surface area contributed by atoms with Gasteiger partial charge in [0, 0.05) is 19.6 Å². The summed E-state index contributed by atoms with van der Waals surface area (Å²) in [6.07, 6.45) is 0. The molecule has 0 spiro atoms. The maximum absolute atomic E-state index is 4.57. The van der Waals surface area contributed by atoms with Gasteiger partial charge in [0.2, 0.25) is 0 Å². The zero-order valence-corrected chi connectivity index (χ0v) is 8.37. The molecule has 0 fully saturated rings. The van der Waals surface area contributed by atoms with Gasteiger partial charge in [0.05, 0.1) is 0 Å². The summed E-state index contributed by atoms with van der Waals surface area (Å²) in [7, 11) is 4.09. The van der Waals surface area contributed by atoms with Crippen molar-refractivity contribution >= 4 is 0 Å². The number of likely N-dealkylation sites (N-methyl/N-ethyl adjacent to an activating group) is 1. The van der Waals surface area contributed by atoms with Gasteiger partial charge < -0.3 is 10.2 Å². The van der Waals surface area contributed by atoms with Crippen molar-refractivity contribution in [2.24, 2.45) is 0 Å². The third-order valence-electron chi connectivity index (χ3n) is 1.77. The highest BCUT2D eigenvalue weighted by Crippen LogP contribution is 1.98. The average Bonchev–Trinajstić information content (AvgIpc) is 2.45. The first-order valence-electron chi connectivity index (χ1n) is 4.33. The average molecular weight is 184 g/mol. The van der Waals surface area contributed by atoms with E-state index in [0.717, 1.165) is 31.0 Å². The lowest BCUT2D eigenvalue weighted by Gasteiger charge is -2.08. The molecule has 13 heavy (non-hydrogen) atoms. The van der Waals surface area contributed by atoms with Crippen molar-refractivity contribution in [2.75, 3.05) is 27.2 Å². The van der Waals surface area contributed by atoms with E-state index in [2.05, 4.69) is 25.2 Å². The summed E-state index contributed by atoms with van der Waals surface area (Å²) in [5.74, 6) is 0. The summed E-state index contributed by atoms with van der Waals surface area (Å²) in [4.78, 5) is 2.13. The van der Waals surface area contributed by atoms with Crippen molar-refractivity contribution in [3.63, 3.8) is 0 Å². The molecule has 74 valence electrons. The highest BCUT2D eigenvalue weighted by molar-refractivity contribution is 5.03. The summed E-state index contributed by atoms with van der Waals surface area (Å²) in [5, 5.41) is 10.7. The van der Waals surface area contributed by atoms with Crippen molar-refractivity contribution in [2.45, 2.75) is 13.5 Å². The van der Waals surface area contributed by atoms with Gasteiger partial charge in [0.1, 0.15) is 11.4 Å². The predicted molar refractivity (Wildman–Crippen MR) is 49.3 cm³/mol. The van der Waals surface area contributed by atoms with E-state index in [1.165, 1.54) is 0 Å². The molecule has 1 rings (SSSR count). The Labute approximate surface area is 78.1 Å². The Kier molecular flexibility index (Phi) is 3.85. The van der Waals surface area contributed by atoms with E-state index in [1.807, 2.05) is 21.0 Å². The SMILES string of the molecule is Cc1nonc1CNCCN(C)C. The lowest BCUT2D eigenvalue weighted by Crippen LogP contribution is -2.26. The second-order valence-electron chi connectivity index (χ2n) is 3.28. The molecule has 0 aromatic carbocycles. The van der Waals surface area contributed by atoms with E-state index in [0.29, 0.717) is 0 Å². The Morgan fingerprint density at radius 1 is 1.38 bits per heavy atom. The molecule has 0 aliphatic carbocycles. The lowest BCUT2D eigenvalue weighted by atomic mass is 10.3. The predicted octanol–water partition coefficient (Wildman–Crippen LogP) is 0.0292. The van der Waals surface area contributed by atoms with Gasteiger partial charge in [-0.25, -0.2) is 4.63 Å². The quantitative estimate of drug-likeness (QED) is 0.654. The number of hydrogen-bond acceptors (Lipinski definition) is 5. The van der Waals surface area contributed by atoms with Crippen LogP contribution in [0.2, 0.25) is 0 Å². The van der Waals surface area contributed by atoms with E-state index in [9.17, 15) is 0 Å². The summed E-state index contributed by atoms with van der Waals surface area (Å²) < 4.78 is 4.57. The van der Waals surface area contributed by atoms with Gasteiger partial charge in [-0.3, -0.25) is 0 Å². The third-order valence-corrected chi connectivity index (χ3v) is 1.77. The Hall–Kier alpha value is -0.940. The van der Waals surface area contributed by atoms with Crippen LogP contribution in [0.4, 0.5) is 0 Å². The number of nitrogens with one attached hydrogen (secondary N) is 1. The second-order valence-corrected chi connectivity index (χ2v) is 3.28. The Balaban J connectivity index is 2.17. The molecule has 0 radical (unpaired) electrons. The number of nitrogens with zero attached hydrogens (tertiary/aromatic N) is 3. The molecule has 0 atom stereocenters. The number of aromatic nitrogens is 2. The van der Waals surface area contributed by atoms with Crippen LogP contribution in [-0.4, -0.2) is 42.4 Å². The van der Waals surface area contributed by atoms with Crippen molar-refractivity contribution < 1.29 is 4.63 Å². The Morgan fingerprint density at radius 3 is 2.69 bits per heavy atom. The van der Waals surface area contributed by atoms with Crippen LogP contribution in [-0.2, 0) is 6.54 Å². The van der Waals surface area contributed by atoms with Gasteiger partial charge in [-0.15, -0.1) is 0 Å². The van der Waals surface area contributed by atoms with E-state index in [-0.39, 0.29) is 0 Å². The van der Waals surface area contributed by atoms with E-state index in [4.69, 9.17) is 0 Å². The van der Waals surface area contributed by atoms with Gasteiger partial charge in [-0.1, -0.05) is 10.3 Å². The molecule has 1 N–H and O–H groups in total. The third kappa shape index (κ3) is 3.52. The first-order chi connectivity index (χ1) is 6.20. The van der Waals surface area contributed by atoms with Gasteiger partial charge >= 0.3 is 0 Å². The van der Waals surface area contributed by atoms with E-state index in [1.54, 1.807) is 0 Å². The molecule has 5 heteroatoms. The normalized spacial score (nSPS) is 11.1. The minimum atomic E-state index is 0.725. The largest absolute Gasteiger partial charge is 0.310 e. The van der Waals surface area contributed by atoms with Crippen molar-refractivity contribution in [3.05, 3.63) is 11.4 Å². The first kappa shape index (κ1) is 10.1. The Morgan fingerprint density at radius 2 is 2.15 bits per heavy atom. The molecule has 0 unspecified atom stereocenters. The maximum atomic E-state index is 4.57. The highest BCUT2D eigenvalue weighted by Gasteiger charge is 2.03. The van der Waals surface area contributed by atoms with Crippen molar-refractivity contribution in [1.82, 2.24) is 20.5 Å². The molecule has 0 amide bonds. The molecule has 1 aromatic heterocycles. The molecule has 0 saturated heterocycles. The van der Waals surface area contributed by atoms with Crippen LogP contribution in [0.3, 0.4) is 0 Å². The van der Waals surface area contributed by atoms with Crippen LogP contribution in [0.25, 0.3) is 0 Å². The van der Waals surface area contributed by atoms with E-state index >= 15 is 0 Å². The molecule has 1 heterocycles. The summed E-state index contributed by atoms with van der Waals surface area (Å²) in [6.45, 7) is 4.58. The fourth-order valence-corrected chi connectivity index (χ4v) is 0.919. The highest BCUT2D eigenvalue weighted by atomic mass is 16.6. The Bertz CT molecular complexity index is 246. The smallest absolute Gasteiger partial charge is 0.121 e. The summed E-state index contributed by atoms with van der Waals surface area (Å²) in [5.41, 5.74) is 1.75. The zero-order chi connectivity index (χ0) is 9.68. The van der Waals surface area contributed by atoms with Crippen LogP contribution in [0.5, 0.6) is 0 Å². The first-order valence-corrected chi connectivity index (χ1v) is 4.33. The van der Waals surface area contributed by atoms with Crippen molar-refractivity contribution in [1.29, 1.82) is 0 Å². The van der Waals surface area contributed by atoms with E-state index < -0.39 is 0 Å². The zero-order valence-electron chi connectivity index (χ0n) is 8.37. The van der Waals surface area contributed by atoms with Crippen LogP contribution < -0.4 is 5.32 Å². The van der Waals surface area contributed by atoms with Crippen molar-refractivity contribution in [3.8, 4) is 0 Å². The second kappa shape index (κ2) is 4.94. The molecule has 0 aliphatic heterocycles. The minimum absolute atomic E-state index is 0.725. The number of rotatable bonds is 5. The van der Waals surface area contributed by atoms with Crippen LogP contribution in [0.15, 0.2) is 4.63 Å². The molecule has 1 aromatic rings. The molecular formula is C8H16N4O.